The predicted octanol–water partition coefficient (Wildman–Crippen LogP) is 4.05. The zero-order valence-electron chi connectivity index (χ0n) is 14.3. The monoisotopic (exact) mass is 303 g/mol. The van der Waals surface area contributed by atoms with Gasteiger partial charge in [-0.25, -0.2) is 0 Å². The number of pyridine rings is 1. The summed E-state index contributed by atoms with van der Waals surface area (Å²) >= 11 is 0. The predicted molar refractivity (Wildman–Crippen MR) is 98.5 cm³/mol. The Kier molecular flexibility index (Phi) is 4.76. The molecule has 1 aromatic heterocycles. The lowest BCUT2D eigenvalue weighted by Gasteiger charge is -2.22. The van der Waals surface area contributed by atoms with Gasteiger partial charge in [0, 0.05) is 6.20 Å². The fraction of sp³-hybridized carbons (Fsp3) is 0.318. The number of nitrogens with zero attached hydrogens (tertiary/aromatic N) is 1. The number of benzene rings is 1. The first-order chi connectivity index (χ1) is 11.2. The lowest BCUT2D eigenvalue weighted by Crippen LogP contribution is -2.33. The van der Waals surface area contributed by atoms with Crippen LogP contribution in [0.4, 0.5) is 0 Å². The average molecular weight is 303 g/mol. The molecule has 23 heavy (non-hydrogen) atoms. The SMILES string of the molecule is CCC=CCC1CC=c2ccccc2=C1c1cc(C)c(C)cn1. The molecule has 0 aliphatic heterocycles. The first kappa shape index (κ1) is 15.7. The molecule has 1 atom stereocenters. The van der Waals surface area contributed by atoms with E-state index in [2.05, 4.69) is 69.3 Å². The van der Waals surface area contributed by atoms with Crippen LogP contribution in [0.15, 0.2) is 48.7 Å². The summed E-state index contributed by atoms with van der Waals surface area (Å²) in [5.41, 5.74) is 5.13. The summed E-state index contributed by atoms with van der Waals surface area (Å²) in [5, 5.41) is 2.70. The quantitative estimate of drug-likeness (QED) is 0.776. The highest BCUT2D eigenvalue weighted by Crippen LogP contribution is 2.28. The van der Waals surface area contributed by atoms with E-state index in [9.17, 15) is 0 Å². The van der Waals surface area contributed by atoms with Gasteiger partial charge < -0.3 is 0 Å². The molecule has 0 saturated heterocycles. The van der Waals surface area contributed by atoms with Gasteiger partial charge in [0.15, 0.2) is 0 Å². The minimum absolute atomic E-state index is 0.516. The third-order valence-corrected chi connectivity index (χ3v) is 4.75. The second kappa shape index (κ2) is 6.95. The molecule has 1 aliphatic carbocycles. The number of aryl methyl sites for hydroxylation is 2. The van der Waals surface area contributed by atoms with Gasteiger partial charge in [-0.2, -0.15) is 0 Å². The van der Waals surface area contributed by atoms with Crippen LogP contribution in [-0.4, -0.2) is 4.98 Å². The van der Waals surface area contributed by atoms with E-state index in [-0.39, 0.29) is 0 Å². The fourth-order valence-electron chi connectivity index (χ4n) is 3.29. The molecule has 3 rings (SSSR count). The Balaban J connectivity index is 2.17. The van der Waals surface area contributed by atoms with E-state index in [1.807, 2.05) is 6.20 Å². The normalized spacial score (nSPS) is 17.2. The summed E-state index contributed by atoms with van der Waals surface area (Å²) in [6.07, 6.45) is 12.3. The molecule has 1 unspecified atom stereocenters. The molecule has 1 heteroatoms. The van der Waals surface area contributed by atoms with Gasteiger partial charge in [-0.15, -0.1) is 0 Å². The number of hydrogen-bond donors (Lipinski definition) is 0. The maximum absolute atomic E-state index is 4.77. The molecule has 118 valence electrons. The number of hydrogen-bond acceptors (Lipinski definition) is 1. The molecule has 0 fully saturated rings. The Labute approximate surface area is 139 Å². The first-order valence-corrected chi connectivity index (χ1v) is 8.58. The maximum atomic E-state index is 4.77. The van der Waals surface area contributed by atoms with Gasteiger partial charge in [-0.3, -0.25) is 4.98 Å². The third-order valence-electron chi connectivity index (χ3n) is 4.75. The standard InChI is InChI=1S/C22H25N/c1-4-5-6-10-19-13-12-18-9-7-8-11-20(18)22(19)21-14-16(2)17(3)15-23-21/h5-9,11-12,14-15,19H,4,10,13H2,1-3H3. The molecule has 0 bridgehead atoms. The molecule has 0 spiro atoms. The van der Waals surface area contributed by atoms with E-state index in [4.69, 9.17) is 4.98 Å². The number of rotatable bonds is 4. The number of allylic oxidation sites excluding steroid dienone is 2. The molecule has 0 N–H and O–H groups in total. The van der Waals surface area contributed by atoms with Crippen molar-refractivity contribution in [1.82, 2.24) is 4.98 Å². The Morgan fingerprint density at radius 1 is 1.13 bits per heavy atom. The van der Waals surface area contributed by atoms with Crippen molar-refractivity contribution >= 4 is 11.6 Å². The molecule has 0 radical (unpaired) electrons. The highest BCUT2D eigenvalue weighted by Gasteiger charge is 2.19. The molecular formula is C22H25N. The van der Waals surface area contributed by atoms with E-state index < -0.39 is 0 Å². The summed E-state index contributed by atoms with van der Waals surface area (Å²) in [7, 11) is 0. The van der Waals surface area contributed by atoms with Gasteiger partial charge in [0.05, 0.1) is 5.69 Å². The summed E-state index contributed by atoms with van der Waals surface area (Å²) < 4.78 is 0. The summed E-state index contributed by atoms with van der Waals surface area (Å²) in [5.74, 6) is 0.516. The van der Waals surface area contributed by atoms with E-state index in [0.717, 1.165) is 25.0 Å². The second-order valence-electron chi connectivity index (χ2n) is 6.41. The topological polar surface area (TPSA) is 12.9 Å². The van der Waals surface area contributed by atoms with Crippen LogP contribution in [0.2, 0.25) is 0 Å². The van der Waals surface area contributed by atoms with Gasteiger partial charge in [0.2, 0.25) is 0 Å². The molecule has 1 heterocycles. The highest BCUT2D eigenvalue weighted by atomic mass is 14.7. The second-order valence-corrected chi connectivity index (χ2v) is 6.41. The number of aromatic nitrogens is 1. The van der Waals surface area contributed by atoms with E-state index >= 15 is 0 Å². The van der Waals surface area contributed by atoms with Crippen LogP contribution >= 0.6 is 0 Å². The Morgan fingerprint density at radius 3 is 2.74 bits per heavy atom. The van der Waals surface area contributed by atoms with Crippen molar-refractivity contribution in [2.45, 2.75) is 40.0 Å². The Bertz CT molecular complexity index is 843. The lowest BCUT2D eigenvalue weighted by atomic mass is 9.83. The van der Waals surface area contributed by atoms with Gasteiger partial charge in [-0.05, 0) is 72.2 Å². The van der Waals surface area contributed by atoms with Crippen LogP contribution in [0.5, 0.6) is 0 Å². The summed E-state index contributed by atoms with van der Waals surface area (Å²) in [6.45, 7) is 6.49. The molecule has 1 aromatic carbocycles. The van der Waals surface area contributed by atoms with E-state index in [1.165, 1.54) is 27.1 Å². The zero-order chi connectivity index (χ0) is 16.2. The lowest BCUT2D eigenvalue weighted by molar-refractivity contribution is 0.697. The largest absolute Gasteiger partial charge is 0.256 e. The van der Waals surface area contributed by atoms with Crippen LogP contribution in [0, 0.1) is 19.8 Å². The van der Waals surface area contributed by atoms with Crippen molar-refractivity contribution in [1.29, 1.82) is 0 Å². The Morgan fingerprint density at radius 2 is 1.96 bits per heavy atom. The molecule has 0 amide bonds. The maximum Gasteiger partial charge on any atom is 0.0673 e. The van der Waals surface area contributed by atoms with Gasteiger partial charge in [0.1, 0.15) is 0 Å². The van der Waals surface area contributed by atoms with Crippen molar-refractivity contribution in [3.63, 3.8) is 0 Å². The van der Waals surface area contributed by atoms with Crippen molar-refractivity contribution in [3.8, 4) is 0 Å². The van der Waals surface area contributed by atoms with Crippen molar-refractivity contribution in [2.24, 2.45) is 5.92 Å². The summed E-state index contributed by atoms with van der Waals surface area (Å²) in [4.78, 5) is 4.77. The molecule has 1 nitrogen and oxygen atoms in total. The van der Waals surface area contributed by atoms with Crippen LogP contribution in [0.1, 0.15) is 43.0 Å². The van der Waals surface area contributed by atoms with Crippen LogP contribution in [0.3, 0.4) is 0 Å². The molecule has 1 aliphatic rings. The van der Waals surface area contributed by atoms with E-state index in [1.54, 1.807) is 0 Å². The zero-order valence-corrected chi connectivity index (χ0v) is 14.3. The third kappa shape index (κ3) is 3.29. The fourth-order valence-corrected chi connectivity index (χ4v) is 3.29. The van der Waals surface area contributed by atoms with E-state index in [0.29, 0.717) is 5.92 Å². The van der Waals surface area contributed by atoms with Crippen molar-refractivity contribution in [3.05, 3.63) is 75.9 Å². The minimum Gasteiger partial charge on any atom is -0.256 e. The smallest absolute Gasteiger partial charge is 0.0673 e. The molecular weight excluding hydrogens is 278 g/mol. The molecule has 0 saturated carbocycles. The van der Waals surface area contributed by atoms with Gasteiger partial charge in [0.25, 0.3) is 0 Å². The number of fused-ring (bicyclic) bond motifs is 1. The summed E-state index contributed by atoms with van der Waals surface area (Å²) in [6, 6.07) is 11.0. The highest BCUT2D eigenvalue weighted by molar-refractivity contribution is 5.68. The van der Waals surface area contributed by atoms with Gasteiger partial charge >= 0.3 is 0 Å². The Hall–Kier alpha value is -2.15. The van der Waals surface area contributed by atoms with Crippen LogP contribution in [-0.2, 0) is 0 Å². The van der Waals surface area contributed by atoms with Crippen LogP contribution in [0.25, 0.3) is 11.6 Å². The first-order valence-electron chi connectivity index (χ1n) is 8.58. The van der Waals surface area contributed by atoms with Gasteiger partial charge in [-0.1, -0.05) is 49.4 Å². The van der Waals surface area contributed by atoms with Crippen molar-refractivity contribution in [2.75, 3.05) is 0 Å². The molecule has 2 aromatic rings. The van der Waals surface area contributed by atoms with Crippen LogP contribution < -0.4 is 10.4 Å². The average Bonchev–Trinajstić information content (AvgIpc) is 2.57. The van der Waals surface area contributed by atoms with Crippen molar-refractivity contribution < 1.29 is 0 Å². The minimum atomic E-state index is 0.516.